The van der Waals surface area contributed by atoms with Crippen LogP contribution in [-0.2, 0) is 6.54 Å². The Hall–Kier alpha value is -3.80. The summed E-state index contributed by atoms with van der Waals surface area (Å²) in [6, 6.07) is 18.5. The lowest BCUT2D eigenvalue weighted by atomic mass is 10.2. The molecule has 0 saturated heterocycles. The van der Waals surface area contributed by atoms with Crippen LogP contribution in [0, 0.1) is 0 Å². The van der Waals surface area contributed by atoms with Crippen molar-refractivity contribution in [1.29, 1.82) is 0 Å². The van der Waals surface area contributed by atoms with Crippen LogP contribution in [0.4, 0.5) is 5.82 Å². The van der Waals surface area contributed by atoms with Crippen LogP contribution < -0.4 is 5.32 Å². The Bertz CT molecular complexity index is 981. The Labute approximate surface area is 156 Å². The molecule has 4 aromatic rings. The third-order valence-electron chi connectivity index (χ3n) is 3.96. The van der Waals surface area contributed by atoms with Crippen molar-refractivity contribution in [2.75, 3.05) is 5.32 Å². The molecule has 0 aliphatic carbocycles. The van der Waals surface area contributed by atoms with Gasteiger partial charge in [0.1, 0.15) is 17.3 Å². The molecule has 0 aliphatic rings. The van der Waals surface area contributed by atoms with E-state index in [9.17, 15) is 5.11 Å². The Morgan fingerprint density at radius 1 is 0.852 bits per heavy atom. The van der Waals surface area contributed by atoms with Gasteiger partial charge in [0.15, 0.2) is 5.82 Å². The van der Waals surface area contributed by atoms with Gasteiger partial charge in [0.2, 0.25) is 0 Å². The number of nitrogens with one attached hydrogen (secondary N) is 1. The quantitative estimate of drug-likeness (QED) is 0.564. The molecular weight excluding hydrogens is 338 g/mol. The first kappa shape index (κ1) is 16.7. The largest absolute Gasteiger partial charge is 0.508 e. The van der Waals surface area contributed by atoms with Gasteiger partial charge in [0.05, 0.1) is 5.69 Å². The van der Waals surface area contributed by atoms with Gasteiger partial charge in [-0.25, -0.2) is 9.97 Å². The molecule has 0 saturated carbocycles. The van der Waals surface area contributed by atoms with Crippen LogP contribution in [-0.4, -0.2) is 25.0 Å². The number of benzene rings is 1. The van der Waals surface area contributed by atoms with E-state index in [1.165, 1.54) is 0 Å². The molecule has 0 aliphatic heterocycles. The number of hydrogen-bond acceptors (Lipinski definition) is 6. The third-order valence-corrected chi connectivity index (χ3v) is 3.96. The maximum absolute atomic E-state index is 9.63. The highest BCUT2D eigenvalue weighted by atomic mass is 16.3. The number of pyridine rings is 2. The first-order valence-corrected chi connectivity index (χ1v) is 8.50. The van der Waals surface area contributed by atoms with Gasteiger partial charge in [-0.3, -0.25) is 9.97 Å². The molecule has 3 aromatic heterocycles. The molecule has 6 nitrogen and oxygen atoms in total. The number of aromatic hydroxyl groups is 1. The Balaban J connectivity index is 1.69. The maximum Gasteiger partial charge on any atom is 0.180 e. The van der Waals surface area contributed by atoms with E-state index in [1.54, 1.807) is 30.7 Å². The fourth-order valence-electron chi connectivity index (χ4n) is 2.67. The number of phenolic OH excluding ortho intramolecular Hbond substituents is 1. The second kappa shape index (κ2) is 7.61. The SMILES string of the molecule is Oc1cccc(CNc2cc(-c3cccnc3)nc(-c3ccccn3)n2)c1. The van der Waals surface area contributed by atoms with Crippen molar-refractivity contribution >= 4 is 5.82 Å². The molecule has 1 aromatic carbocycles. The number of phenols is 1. The van der Waals surface area contributed by atoms with Crippen LogP contribution in [0.3, 0.4) is 0 Å². The third kappa shape index (κ3) is 4.07. The van der Waals surface area contributed by atoms with E-state index in [-0.39, 0.29) is 5.75 Å². The highest BCUT2D eigenvalue weighted by Crippen LogP contribution is 2.23. The van der Waals surface area contributed by atoms with Crippen molar-refractivity contribution in [2.45, 2.75) is 6.54 Å². The second-order valence-electron chi connectivity index (χ2n) is 5.94. The molecule has 6 heteroatoms. The summed E-state index contributed by atoms with van der Waals surface area (Å²) >= 11 is 0. The standard InChI is InChI=1S/C21H17N5O/c27-17-7-3-5-15(11-17)13-24-20-12-19(16-6-4-9-22-14-16)25-21(26-20)18-8-1-2-10-23-18/h1-12,14,27H,13H2,(H,24,25,26). The summed E-state index contributed by atoms with van der Waals surface area (Å²) in [4.78, 5) is 17.8. The summed E-state index contributed by atoms with van der Waals surface area (Å²) in [5, 5.41) is 12.9. The van der Waals surface area contributed by atoms with Crippen molar-refractivity contribution in [2.24, 2.45) is 0 Å². The fourth-order valence-corrected chi connectivity index (χ4v) is 2.67. The molecule has 0 bridgehead atoms. The molecule has 2 N–H and O–H groups in total. The summed E-state index contributed by atoms with van der Waals surface area (Å²) in [5.74, 6) is 1.45. The minimum Gasteiger partial charge on any atom is -0.508 e. The fraction of sp³-hybridized carbons (Fsp3) is 0.0476. The normalized spacial score (nSPS) is 10.5. The molecule has 0 atom stereocenters. The van der Waals surface area contributed by atoms with Gasteiger partial charge >= 0.3 is 0 Å². The highest BCUT2D eigenvalue weighted by Gasteiger charge is 2.10. The molecule has 132 valence electrons. The van der Waals surface area contributed by atoms with E-state index in [2.05, 4.69) is 25.3 Å². The Kier molecular flexibility index (Phi) is 4.70. The maximum atomic E-state index is 9.63. The van der Waals surface area contributed by atoms with Crippen LogP contribution in [0.15, 0.2) is 79.3 Å². The van der Waals surface area contributed by atoms with Gasteiger partial charge in [-0.1, -0.05) is 18.2 Å². The van der Waals surface area contributed by atoms with Gasteiger partial charge in [0, 0.05) is 36.8 Å². The van der Waals surface area contributed by atoms with E-state index in [4.69, 9.17) is 0 Å². The van der Waals surface area contributed by atoms with Gasteiger partial charge < -0.3 is 10.4 Å². The van der Waals surface area contributed by atoms with E-state index < -0.39 is 0 Å². The van der Waals surface area contributed by atoms with E-state index in [0.717, 1.165) is 16.8 Å². The lowest BCUT2D eigenvalue weighted by Crippen LogP contribution is -2.04. The lowest BCUT2D eigenvalue weighted by Gasteiger charge is -2.10. The molecule has 0 fully saturated rings. The number of hydrogen-bond donors (Lipinski definition) is 2. The first-order valence-electron chi connectivity index (χ1n) is 8.50. The molecular formula is C21H17N5O. The average molecular weight is 355 g/mol. The van der Waals surface area contributed by atoms with Crippen LogP contribution in [0.25, 0.3) is 22.8 Å². The zero-order valence-electron chi connectivity index (χ0n) is 14.4. The summed E-state index contributed by atoms with van der Waals surface area (Å²) in [6.07, 6.45) is 5.21. The molecule has 0 amide bonds. The number of anilines is 1. The van der Waals surface area contributed by atoms with E-state index >= 15 is 0 Å². The second-order valence-corrected chi connectivity index (χ2v) is 5.94. The first-order chi connectivity index (χ1) is 13.3. The van der Waals surface area contributed by atoms with Crippen molar-refractivity contribution in [3.63, 3.8) is 0 Å². The predicted molar refractivity (Wildman–Crippen MR) is 104 cm³/mol. The summed E-state index contributed by atoms with van der Waals surface area (Å²) in [6.45, 7) is 0.527. The number of rotatable bonds is 5. The Morgan fingerprint density at radius 2 is 1.81 bits per heavy atom. The van der Waals surface area contributed by atoms with Gasteiger partial charge in [0.25, 0.3) is 0 Å². The molecule has 27 heavy (non-hydrogen) atoms. The predicted octanol–water partition coefficient (Wildman–Crippen LogP) is 3.92. The van der Waals surface area contributed by atoms with Crippen molar-refractivity contribution < 1.29 is 5.11 Å². The molecule has 4 rings (SSSR count). The molecule has 0 unspecified atom stereocenters. The van der Waals surface area contributed by atoms with Crippen LogP contribution in [0.2, 0.25) is 0 Å². The van der Waals surface area contributed by atoms with Crippen molar-refractivity contribution in [3.8, 4) is 28.5 Å². The van der Waals surface area contributed by atoms with Gasteiger partial charge in [-0.2, -0.15) is 0 Å². The monoisotopic (exact) mass is 355 g/mol. The Morgan fingerprint density at radius 3 is 2.59 bits per heavy atom. The average Bonchev–Trinajstić information content (AvgIpc) is 2.73. The van der Waals surface area contributed by atoms with Crippen LogP contribution in [0.5, 0.6) is 5.75 Å². The van der Waals surface area contributed by atoms with Crippen LogP contribution >= 0.6 is 0 Å². The highest BCUT2D eigenvalue weighted by molar-refractivity contribution is 5.65. The lowest BCUT2D eigenvalue weighted by molar-refractivity contribution is 0.474. The smallest absolute Gasteiger partial charge is 0.180 e. The summed E-state index contributed by atoms with van der Waals surface area (Å²) in [7, 11) is 0. The minimum absolute atomic E-state index is 0.238. The zero-order valence-corrected chi connectivity index (χ0v) is 14.4. The van der Waals surface area contributed by atoms with E-state index in [1.807, 2.05) is 48.5 Å². The van der Waals surface area contributed by atoms with Crippen molar-refractivity contribution in [3.05, 3.63) is 84.8 Å². The van der Waals surface area contributed by atoms with Crippen molar-refractivity contribution in [1.82, 2.24) is 19.9 Å². The molecule has 0 spiro atoms. The molecule has 3 heterocycles. The topological polar surface area (TPSA) is 83.8 Å². The van der Waals surface area contributed by atoms with E-state index in [0.29, 0.717) is 23.9 Å². The minimum atomic E-state index is 0.238. The van der Waals surface area contributed by atoms with Gasteiger partial charge in [-0.05, 0) is 42.0 Å². The number of nitrogens with zero attached hydrogens (tertiary/aromatic N) is 4. The van der Waals surface area contributed by atoms with Gasteiger partial charge in [-0.15, -0.1) is 0 Å². The summed E-state index contributed by atoms with van der Waals surface area (Å²) < 4.78 is 0. The molecule has 0 radical (unpaired) electrons. The number of aromatic nitrogens is 4. The zero-order chi connectivity index (χ0) is 18.5. The summed E-state index contributed by atoms with van der Waals surface area (Å²) in [5.41, 5.74) is 3.31. The van der Waals surface area contributed by atoms with Crippen LogP contribution in [0.1, 0.15) is 5.56 Å².